The maximum atomic E-state index is 11.8. The zero-order valence-corrected chi connectivity index (χ0v) is 13.8. The van der Waals surface area contributed by atoms with Gasteiger partial charge in [0.15, 0.2) is 0 Å². The summed E-state index contributed by atoms with van der Waals surface area (Å²) in [5.41, 5.74) is 3.44. The number of carboxylic acid groups (broad SMARTS) is 1. The van der Waals surface area contributed by atoms with Gasteiger partial charge in [-0.1, -0.05) is 18.2 Å². The van der Waals surface area contributed by atoms with Crippen molar-refractivity contribution in [3.8, 4) is 6.07 Å². The van der Waals surface area contributed by atoms with E-state index in [0.717, 1.165) is 16.7 Å². The Kier molecular flexibility index (Phi) is 4.90. The van der Waals surface area contributed by atoms with Crippen LogP contribution in [0.5, 0.6) is 0 Å². The Bertz CT molecular complexity index is 1060. The van der Waals surface area contributed by atoms with E-state index in [9.17, 15) is 14.9 Å². The first kappa shape index (κ1) is 17.1. The van der Waals surface area contributed by atoms with Crippen LogP contribution in [0.3, 0.4) is 0 Å². The van der Waals surface area contributed by atoms with Crippen molar-refractivity contribution in [1.29, 1.82) is 5.26 Å². The van der Waals surface area contributed by atoms with Crippen LogP contribution in [0.1, 0.15) is 38.2 Å². The van der Waals surface area contributed by atoms with Crippen molar-refractivity contribution in [2.24, 2.45) is 0 Å². The largest absolute Gasteiger partial charge is 0.478 e. The highest BCUT2D eigenvalue weighted by Crippen LogP contribution is 2.17. The molecule has 0 aliphatic carbocycles. The minimum atomic E-state index is -1.03. The van der Waals surface area contributed by atoms with Crippen LogP contribution in [-0.4, -0.2) is 21.0 Å². The first-order valence-corrected chi connectivity index (χ1v) is 7.92. The van der Waals surface area contributed by atoms with Crippen LogP contribution in [0.2, 0.25) is 0 Å². The molecule has 26 heavy (non-hydrogen) atoms. The van der Waals surface area contributed by atoms with Crippen LogP contribution in [0.4, 0.5) is 0 Å². The van der Waals surface area contributed by atoms with Gasteiger partial charge in [0.1, 0.15) is 0 Å². The van der Waals surface area contributed by atoms with Crippen LogP contribution in [0.15, 0.2) is 59.8 Å². The minimum Gasteiger partial charge on any atom is -0.478 e. The van der Waals surface area contributed by atoms with Gasteiger partial charge >= 0.3 is 5.97 Å². The highest BCUT2D eigenvalue weighted by molar-refractivity contribution is 5.87. The van der Waals surface area contributed by atoms with Gasteiger partial charge in [0.2, 0.25) is 0 Å². The maximum Gasteiger partial charge on any atom is 0.337 e. The number of benzene rings is 1. The Hall–Kier alpha value is -3.72. The summed E-state index contributed by atoms with van der Waals surface area (Å²) in [6.07, 6.45) is 5.31. The summed E-state index contributed by atoms with van der Waals surface area (Å²) in [5.74, 6) is -1.03. The lowest BCUT2D eigenvalue weighted by molar-refractivity contribution is 0.0696. The summed E-state index contributed by atoms with van der Waals surface area (Å²) in [6.45, 7) is 0. The summed E-state index contributed by atoms with van der Waals surface area (Å²) < 4.78 is 0. The molecule has 0 aliphatic rings. The van der Waals surface area contributed by atoms with Crippen LogP contribution in [0.25, 0.3) is 0 Å². The Labute approximate surface area is 149 Å². The quantitative estimate of drug-likeness (QED) is 0.739. The molecule has 0 saturated heterocycles. The average molecular weight is 345 g/mol. The molecule has 2 N–H and O–H groups in total. The molecule has 0 saturated carbocycles. The van der Waals surface area contributed by atoms with Gasteiger partial charge in [-0.15, -0.1) is 0 Å². The monoisotopic (exact) mass is 345 g/mol. The van der Waals surface area contributed by atoms with Gasteiger partial charge in [-0.05, 0) is 41.3 Å². The number of carboxylic acids is 1. The number of aromatic amines is 1. The Balaban J connectivity index is 1.86. The minimum absolute atomic E-state index is 0.128. The number of aromatic carboxylic acids is 1. The molecule has 0 bridgehead atoms. The number of H-pyrrole nitrogens is 1. The lowest BCUT2D eigenvalue weighted by Crippen LogP contribution is -2.12. The number of hydrogen-bond donors (Lipinski definition) is 2. The predicted octanol–water partition coefficient (Wildman–Crippen LogP) is 2.52. The third-order valence-electron chi connectivity index (χ3n) is 4.03. The molecule has 0 aliphatic heterocycles. The van der Waals surface area contributed by atoms with E-state index in [2.05, 4.69) is 16.0 Å². The fourth-order valence-electron chi connectivity index (χ4n) is 2.73. The van der Waals surface area contributed by atoms with E-state index in [1.54, 1.807) is 36.7 Å². The van der Waals surface area contributed by atoms with Crippen molar-refractivity contribution >= 4 is 5.97 Å². The summed E-state index contributed by atoms with van der Waals surface area (Å²) >= 11 is 0. The lowest BCUT2D eigenvalue weighted by atomic mass is 9.96. The maximum absolute atomic E-state index is 11.8. The SMILES string of the molecule is N#Cc1cc(Cc2cncc(C(=O)O)c2)ccc1Cc1ccc[nH]c1=O. The highest BCUT2D eigenvalue weighted by atomic mass is 16.4. The molecule has 0 amide bonds. The van der Waals surface area contributed by atoms with E-state index < -0.39 is 5.97 Å². The second kappa shape index (κ2) is 7.45. The summed E-state index contributed by atoms with van der Waals surface area (Å²) in [4.78, 5) is 29.4. The lowest BCUT2D eigenvalue weighted by Gasteiger charge is -2.08. The van der Waals surface area contributed by atoms with Crippen LogP contribution >= 0.6 is 0 Å². The summed E-state index contributed by atoms with van der Waals surface area (Å²) in [7, 11) is 0. The van der Waals surface area contributed by atoms with Crippen molar-refractivity contribution in [2.45, 2.75) is 12.8 Å². The fraction of sp³-hybridized carbons (Fsp3) is 0.100. The number of nitrogens with zero attached hydrogens (tertiary/aromatic N) is 2. The third kappa shape index (κ3) is 3.84. The summed E-state index contributed by atoms with van der Waals surface area (Å²) in [5, 5.41) is 18.5. The topological polar surface area (TPSA) is 107 Å². The zero-order valence-electron chi connectivity index (χ0n) is 13.8. The van der Waals surface area contributed by atoms with Crippen LogP contribution in [0, 0.1) is 11.3 Å². The van der Waals surface area contributed by atoms with Gasteiger partial charge in [0.05, 0.1) is 17.2 Å². The molecule has 3 rings (SSSR count). The van der Waals surface area contributed by atoms with Crippen LogP contribution < -0.4 is 5.56 Å². The van der Waals surface area contributed by atoms with Crippen molar-refractivity contribution in [3.63, 3.8) is 0 Å². The molecular weight excluding hydrogens is 330 g/mol. The van der Waals surface area contributed by atoms with Crippen molar-refractivity contribution < 1.29 is 9.90 Å². The second-order valence-electron chi connectivity index (χ2n) is 5.87. The fourth-order valence-corrected chi connectivity index (χ4v) is 2.73. The van der Waals surface area contributed by atoms with Gasteiger partial charge in [0.25, 0.3) is 5.56 Å². The standard InChI is InChI=1S/C20H15N3O3/c21-10-17-7-13(6-14-8-18(20(25)26)12-22-11-14)3-4-15(17)9-16-2-1-5-23-19(16)24/h1-5,7-8,11-12H,6,9H2,(H,23,24)(H,25,26). The number of pyridine rings is 2. The first-order chi connectivity index (χ1) is 12.6. The molecule has 2 heterocycles. The van der Waals surface area contributed by atoms with Crippen LogP contribution in [-0.2, 0) is 12.8 Å². The second-order valence-corrected chi connectivity index (χ2v) is 5.87. The summed E-state index contributed by atoms with van der Waals surface area (Å²) in [6, 6.07) is 12.7. The Morgan fingerprint density at radius 3 is 2.69 bits per heavy atom. The van der Waals surface area contributed by atoms with E-state index in [-0.39, 0.29) is 11.1 Å². The van der Waals surface area contributed by atoms with E-state index in [1.165, 1.54) is 6.20 Å². The zero-order chi connectivity index (χ0) is 18.5. The van der Waals surface area contributed by atoms with E-state index >= 15 is 0 Å². The number of carbonyl (C=O) groups is 1. The molecule has 0 radical (unpaired) electrons. The Morgan fingerprint density at radius 2 is 1.96 bits per heavy atom. The molecule has 6 heteroatoms. The smallest absolute Gasteiger partial charge is 0.337 e. The van der Waals surface area contributed by atoms with Crippen molar-refractivity contribution in [1.82, 2.24) is 9.97 Å². The van der Waals surface area contributed by atoms with E-state index in [4.69, 9.17) is 5.11 Å². The van der Waals surface area contributed by atoms with Crippen molar-refractivity contribution in [2.75, 3.05) is 0 Å². The molecule has 3 aromatic rings. The number of hydrogen-bond acceptors (Lipinski definition) is 4. The molecule has 0 spiro atoms. The van der Waals surface area contributed by atoms with E-state index in [0.29, 0.717) is 24.0 Å². The van der Waals surface area contributed by atoms with Gasteiger partial charge in [0, 0.05) is 30.6 Å². The van der Waals surface area contributed by atoms with Gasteiger partial charge < -0.3 is 10.1 Å². The third-order valence-corrected chi connectivity index (χ3v) is 4.03. The molecule has 1 aromatic carbocycles. The molecule has 6 nitrogen and oxygen atoms in total. The highest BCUT2D eigenvalue weighted by Gasteiger charge is 2.09. The molecular formula is C20H15N3O3. The molecule has 0 unspecified atom stereocenters. The molecule has 2 aromatic heterocycles. The van der Waals surface area contributed by atoms with Gasteiger partial charge in [-0.2, -0.15) is 5.26 Å². The molecule has 0 fully saturated rings. The first-order valence-electron chi connectivity index (χ1n) is 7.92. The average Bonchev–Trinajstić information content (AvgIpc) is 2.65. The van der Waals surface area contributed by atoms with Gasteiger partial charge in [-0.25, -0.2) is 4.79 Å². The number of aromatic nitrogens is 2. The Morgan fingerprint density at radius 1 is 1.12 bits per heavy atom. The van der Waals surface area contributed by atoms with E-state index in [1.807, 2.05) is 12.1 Å². The normalized spacial score (nSPS) is 10.3. The predicted molar refractivity (Wildman–Crippen MR) is 95.0 cm³/mol. The molecule has 128 valence electrons. The van der Waals surface area contributed by atoms with Crippen molar-refractivity contribution in [3.05, 3.63) is 98.7 Å². The number of nitriles is 1. The molecule has 0 atom stereocenters. The van der Waals surface area contributed by atoms with Gasteiger partial charge in [-0.3, -0.25) is 9.78 Å². The number of rotatable bonds is 5. The number of nitrogens with one attached hydrogen (secondary N) is 1.